The van der Waals surface area contributed by atoms with Crippen molar-refractivity contribution < 1.29 is 0 Å². The lowest BCUT2D eigenvalue weighted by Gasteiger charge is -2.30. The normalized spacial score (nSPS) is 13.9. The van der Waals surface area contributed by atoms with Crippen LogP contribution >= 0.6 is 0 Å². The molecule has 0 spiro atoms. The van der Waals surface area contributed by atoms with Crippen LogP contribution in [0.15, 0.2) is 78.5 Å². The number of benzene rings is 2. The molecule has 0 amide bonds. The van der Waals surface area contributed by atoms with E-state index in [9.17, 15) is 0 Å². The molecule has 0 bridgehead atoms. The fourth-order valence-electron chi connectivity index (χ4n) is 2.63. The Kier molecular flexibility index (Phi) is 3.69. The maximum atomic E-state index is 2.37. The lowest BCUT2D eigenvalue weighted by atomic mass is 10.1. The predicted molar refractivity (Wildman–Crippen MR) is 86.2 cm³/mol. The van der Waals surface area contributed by atoms with Gasteiger partial charge in [-0.05, 0) is 49.6 Å². The molecule has 3 rings (SSSR count). The summed E-state index contributed by atoms with van der Waals surface area (Å²) >= 11 is 0. The van der Waals surface area contributed by atoms with E-state index >= 15 is 0 Å². The fourth-order valence-corrected chi connectivity index (χ4v) is 2.63. The van der Waals surface area contributed by atoms with Gasteiger partial charge in [0.25, 0.3) is 0 Å². The first-order valence-corrected chi connectivity index (χ1v) is 7.13. The Morgan fingerprint density at radius 2 is 1.65 bits per heavy atom. The number of rotatable bonds is 3. The highest BCUT2D eigenvalue weighted by Gasteiger charge is 2.16. The van der Waals surface area contributed by atoms with Gasteiger partial charge < -0.3 is 4.90 Å². The first-order valence-electron chi connectivity index (χ1n) is 7.13. The van der Waals surface area contributed by atoms with Gasteiger partial charge in [-0.25, -0.2) is 0 Å². The van der Waals surface area contributed by atoms with Crippen LogP contribution in [0.25, 0.3) is 0 Å². The zero-order chi connectivity index (χ0) is 13.8. The largest absolute Gasteiger partial charge is 0.314 e. The molecule has 0 fully saturated rings. The van der Waals surface area contributed by atoms with E-state index in [0.717, 1.165) is 12.8 Å². The molecule has 0 N–H and O–H groups in total. The van der Waals surface area contributed by atoms with Crippen molar-refractivity contribution in [1.82, 2.24) is 0 Å². The van der Waals surface area contributed by atoms with Crippen molar-refractivity contribution in [2.24, 2.45) is 0 Å². The van der Waals surface area contributed by atoms with Crippen molar-refractivity contribution in [1.29, 1.82) is 0 Å². The van der Waals surface area contributed by atoms with Gasteiger partial charge in [-0.2, -0.15) is 0 Å². The lowest BCUT2D eigenvalue weighted by molar-refractivity contribution is 0.915. The highest BCUT2D eigenvalue weighted by molar-refractivity contribution is 5.71. The molecule has 100 valence electrons. The van der Waals surface area contributed by atoms with Crippen LogP contribution in [0.2, 0.25) is 0 Å². The number of aryl methyl sites for hydroxylation is 1. The summed E-state index contributed by atoms with van der Waals surface area (Å²) in [7, 11) is 0. The molecule has 0 saturated heterocycles. The average Bonchev–Trinajstić information content (AvgIpc) is 2.52. The summed E-state index contributed by atoms with van der Waals surface area (Å²) in [5.41, 5.74) is 5.14. The maximum Gasteiger partial charge on any atom is 0.0487 e. The van der Waals surface area contributed by atoms with Gasteiger partial charge in [-0.1, -0.05) is 48.6 Å². The third-order valence-electron chi connectivity index (χ3n) is 3.65. The first kappa shape index (κ1) is 12.7. The number of anilines is 2. The van der Waals surface area contributed by atoms with Gasteiger partial charge in [-0.3, -0.25) is 0 Å². The maximum absolute atomic E-state index is 2.37. The topological polar surface area (TPSA) is 3.24 Å². The number of nitrogens with zero attached hydrogens (tertiary/aromatic N) is 1. The molecular formula is C19H19N. The molecule has 0 aliphatic heterocycles. The van der Waals surface area contributed by atoms with Gasteiger partial charge in [0.1, 0.15) is 0 Å². The Bertz CT molecular complexity index is 638. The van der Waals surface area contributed by atoms with Crippen LogP contribution in [0.4, 0.5) is 11.4 Å². The van der Waals surface area contributed by atoms with Crippen molar-refractivity contribution >= 4 is 11.4 Å². The Morgan fingerprint density at radius 1 is 0.900 bits per heavy atom. The lowest BCUT2D eigenvalue weighted by Crippen LogP contribution is -2.18. The Hall–Kier alpha value is -2.28. The summed E-state index contributed by atoms with van der Waals surface area (Å²) in [4.78, 5) is 2.37. The highest BCUT2D eigenvalue weighted by Crippen LogP contribution is 2.34. The van der Waals surface area contributed by atoms with E-state index in [1.807, 2.05) is 0 Å². The van der Waals surface area contributed by atoms with Gasteiger partial charge in [0.2, 0.25) is 0 Å². The Labute approximate surface area is 120 Å². The second kappa shape index (κ2) is 5.79. The SMILES string of the molecule is Cc1ccccc1N(C1=CC=CCC1)c1ccccc1. The highest BCUT2D eigenvalue weighted by atomic mass is 15.1. The van der Waals surface area contributed by atoms with Crippen molar-refractivity contribution in [3.8, 4) is 0 Å². The van der Waals surface area contributed by atoms with Crippen LogP contribution in [0.3, 0.4) is 0 Å². The van der Waals surface area contributed by atoms with Crippen LogP contribution in [0.1, 0.15) is 18.4 Å². The zero-order valence-corrected chi connectivity index (χ0v) is 11.8. The molecule has 0 radical (unpaired) electrons. The molecule has 0 unspecified atom stereocenters. The first-order chi connectivity index (χ1) is 9.86. The minimum absolute atomic E-state index is 1.08. The molecule has 0 aromatic heterocycles. The molecule has 0 atom stereocenters. The van der Waals surface area contributed by atoms with Crippen LogP contribution in [-0.4, -0.2) is 0 Å². The predicted octanol–water partition coefficient (Wildman–Crippen LogP) is 5.37. The fraction of sp³-hybridized carbons (Fsp3) is 0.158. The van der Waals surface area contributed by atoms with Crippen molar-refractivity contribution in [3.63, 3.8) is 0 Å². The van der Waals surface area contributed by atoms with Gasteiger partial charge in [0.15, 0.2) is 0 Å². The molecule has 20 heavy (non-hydrogen) atoms. The molecule has 1 aliphatic carbocycles. The Morgan fingerprint density at radius 3 is 2.35 bits per heavy atom. The number of para-hydroxylation sites is 2. The van der Waals surface area contributed by atoms with Crippen molar-refractivity contribution in [2.45, 2.75) is 19.8 Å². The van der Waals surface area contributed by atoms with Gasteiger partial charge in [-0.15, -0.1) is 0 Å². The molecule has 1 aliphatic rings. The zero-order valence-electron chi connectivity index (χ0n) is 11.8. The molecule has 1 nitrogen and oxygen atoms in total. The molecule has 0 heterocycles. The quantitative estimate of drug-likeness (QED) is 0.718. The van der Waals surface area contributed by atoms with Gasteiger partial charge in [0.05, 0.1) is 0 Å². The second-order valence-corrected chi connectivity index (χ2v) is 5.08. The molecule has 2 aromatic rings. The van der Waals surface area contributed by atoms with Crippen LogP contribution < -0.4 is 4.90 Å². The molecular weight excluding hydrogens is 242 g/mol. The van der Waals surface area contributed by atoms with E-state index in [1.54, 1.807) is 0 Å². The van der Waals surface area contributed by atoms with Crippen LogP contribution in [-0.2, 0) is 0 Å². The molecule has 1 heteroatoms. The number of hydrogen-bond acceptors (Lipinski definition) is 1. The summed E-state index contributed by atoms with van der Waals surface area (Å²) in [6.45, 7) is 2.17. The van der Waals surface area contributed by atoms with E-state index in [1.165, 1.54) is 22.6 Å². The van der Waals surface area contributed by atoms with Gasteiger partial charge >= 0.3 is 0 Å². The third-order valence-corrected chi connectivity index (χ3v) is 3.65. The standard InChI is InChI=1S/C19H19N/c1-16-10-8-9-15-19(16)20(17-11-4-2-5-12-17)18-13-6-3-7-14-18/h2-6,8-13,15H,7,14H2,1H3. The number of allylic oxidation sites excluding steroid dienone is 4. The smallest absolute Gasteiger partial charge is 0.0487 e. The van der Waals surface area contributed by atoms with Crippen molar-refractivity contribution in [2.75, 3.05) is 4.90 Å². The van der Waals surface area contributed by atoms with Crippen LogP contribution in [0.5, 0.6) is 0 Å². The van der Waals surface area contributed by atoms with E-state index in [0.29, 0.717) is 0 Å². The second-order valence-electron chi connectivity index (χ2n) is 5.08. The monoisotopic (exact) mass is 261 g/mol. The van der Waals surface area contributed by atoms with Crippen molar-refractivity contribution in [3.05, 3.63) is 84.1 Å². The third kappa shape index (κ3) is 2.53. The van der Waals surface area contributed by atoms with Crippen LogP contribution in [0, 0.1) is 6.92 Å². The van der Waals surface area contributed by atoms with E-state index in [4.69, 9.17) is 0 Å². The minimum Gasteiger partial charge on any atom is -0.314 e. The molecule has 2 aromatic carbocycles. The summed E-state index contributed by atoms with van der Waals surface area (Å²) in [6, 6.07) is 19.2. The summed E-state index contributed by atoms with van der Waals surface area (Å²) < 4.78 is 0. The van der Waals surface area contributed by atoms with E-state index in [2.05, 4.69) is 84.6 Å². The summed E-state index contributed by atoms with van der Waals surface area (Å²) in [6.07, 6.45) is 8.81. The molecule has 0 saturated carbocycles. The Balaban J connectivity index is 2.11. The van der Waals surface area contributed by atoms with Gasteiger partial charge in [0, 0.05) is 17.1 Å². The van der Waals surface area contributed by atoms with E-state index in [-0.39, 0.29) is 0 Å². The van der Waals surface area contributed by atoms with E-state index < -0.39 is 0 Å². The average molecular weight is 261 g/mol. The summed E-state index contributed by atoms with van der Waals surface area (Å²) in [5.74, 6) is 0. The minimum atomic E-state index is 1.08. The summed E-state index contributed by atoms with van der Waals surface area (Å²) in [5, 5.41) is 0. The number of hydrogen-bond donors (Lipinski definition) is 0.